The molecular weight excluding hydrogens is 224 g/mol. The van der Waals surface area contributed by atoms with E-state index in [0.29, 0.717) is 6.04 Å². The average molecular weight is 247 g/mol. The minimum Gasteiger partial charge on any atom is -0.353 e. The highest BCUT2D eigenvalue weighted by molar-refractivity contribution is 5.85. The van der Waals surface area contributed by atoms with E-state index >= 15 is 0 Å². The van der Waals surface area contributed by atoms with Gasteiger partial charge in [-0.1, -0.05) is 19.3 Å². The molecule has 0 radical (unpaired) electrons. The van der Waals surface area contributed by atoms with Crippen molar-refractivity contribution in [3.05, 3.63) is 0 Å². The molecule has 0 heterocycles. The molecule has 2 saturated carbocycles. The van der Waals surface area contributed by atoms with Gasteiger partial charge < -0.3 is 11.1 Å². The van der Waals surface area contributed by atoms with Crippen LogP contribution in [-0.4, -0.2) is 18.0 Å². The summed E-state index contributed by atoms with van der Waals surface area (Å²) in [4.78, 5) is 11.9. The Labute approximate surface area is 104 Å². The first-order chi connectivity index (χ1) is 7.25. The van der Waals surface area contributed by atoms with E-state index in [-0.39, 0.29) is 30.3 Å². The molecule has 0 aliphatic heterocycles. The summed E-state index contributed by atoms with van der Waals surface area (Å²) in [5.41, 5.74) is 5.89. The molecule has 2 aliphatic carbocycles. The molecule has 2 rings (SSSR count). The molecule has 16 heavy (non-hydrogen) atoms. The van der Waals surface area contributed by atoms with Crippen LogP contribution in [0.2, 0.25) is 0 Å². The first-order valence-corrected chi connectivity index (χ1v) is 6.31. The van der Waals surface area contributed by atoms with Gasteiger partial charge >= 0.3 is 0 Å². The molecule has 0 aromatic heterocycles. The second kappa shape index (κ2) is 6.45. The molecule has 1 amide bonds. The second-order valence-electron chi connectivity index (χ2n) is 5.11. The Morgan fingerprint density at radius 3 is 2.38 bits per heavy atom. The van der Waals surface area contributed by atoms with E-state index in [1.807, 2.05) is 0 Å². The molecule has 0 saturated heterocycles. The lowest BCUT2D eigenvalue weighted by Crippen LogP contribution is -2.41. The SMILES string of the molecule is Cl.NC1CCCC(C(=O)NC2CCCC2)C1. The van der Waals surface area contributed by atoms with Crippen LogP contribution in [0.25, 0.3) is 0 Å². The fourth-order valence-electron chi connectivity index (χ4n) is 2.85. The number of nitrogens with two attached hydrogens (primary N) is 1. The van der Waals surface area contributed by atoms with Crippen LogP contribution in [-0.2, 0) is 4.79 Å². The average Bonchev–Trinajstić information content (AvgIpc) is 2.70. The van der Waals surface area contributed by atoms with Crippen molar-refractivity contribution in [2.45, 2.75) is 63.5 Å². The fourth-order valence-corrected chi connectivity index (χ4v) is 2.85. The van der Waals surface area contributed by atoms with Crippen LogP contribution < -0.4 is 11.1 Å². The molecular formula is C12H23ClN2O. The lowest BCUT2D eigenvalue weighted by Gasteiger charge is -2.26. The molecule has 3 nitrogen and oxygen atoms in total. The third-order valence-corrected chi connectivity index (χ3v) is 3.79. The third kappa shape index (κ3) is 3.63. The molecule has 0 aromatic carbocycles. The zero-order valence-electron chi connectivity index (χ0n) is 9.78. The first kappa shape index (κ1) is 13.8. The van der Waals surface area contributed by atoms with Gasteiger partial charge in [-0.2, -0.15) is 0 Å². The van der Waals surface area contributed by atoms with Crippen LogP contribution >= 0.6 is 12.4 Å². The summed E-state index contributed by atoms with van der Waals surface area (Å²) in [6.07, 6.45) is 9.02. The summed E-state index contributed by atoms with van der Waals surface area (Å²) in [6, 6.07) is 0.703. The van der Waals surface area contributed by atoms with Gasteiger partial charge in [0.15, 0.2) is 0 Å². The monoisotopic (exact) mass is 246 g/mol. The Morgan fingerprint density at radius 1 is 1.06 bits per heavy atom. The Kier molecular flexibility index (Phi) is 5.56. The molecule has 2 aliphatic rings. The summed E-state index contributed by atoms with van der Waals surface area (Å²) < 4.78 is 0. The topological polar surface area (TPSA) is 55.1 Å². The van der Waals surface area contributed by atoms with Crippen molar-refractivity contribution in [3.8, 4) is 0 Å². The smallest absolute Gasteiger partial charge is 0.223 e. The second-order valence-corrected chi connectivity index (χ2v) is 5.11. The zero-order valence-corrected chi connectivity index (χ0v) is 10.6. The Hall–Kier alpha value is -0.280. The lowest BCUT2D eigenvalue weighted by atomic mass is 9.85. The van der Waals surface area contributed by atoms with Gasteiger partial charge in [0.2, 0.25) is 5.91 Å². The summed E-state index contributed by atoms with van der Waals surface area (Å²) in [5, 5.41) is 3.17. The van der Waals surface area contributed by atoms with Gasteiger partial charge in [0.25, 0.3) is 0 Å². The maximum atomic E-state index is 11.9. The predicted octanol–water partition coefficient (Wildman–Crippen LogP) is 1.98. The van der Waals surface area contributed by atoms with Crippen LogP contribution in [0.1, 0.15) is 51.4 Å². The van der Waals surface area contributed by atoms with Gasteiger partial charge in [0.05, 0.1) is 0 Å². The molecule has 0 spiro atoms. The van der Waals surface area contributed by atoms with Gasteiger partial charge in [-0.25, -0.2) is 0 Å². The predicted molar refractivity (Wildman–Crippen MR) is 67.6 cm³/mol. The fraction of sp³-hybridized carbons (Fsp3) is 0.917. The molecule has 4 heteroatoms. The van der Waals surface area contributed by atoms with Crippen molar-refractivity contribution in [2.75, 3.05) is 0 Å². The summed E-state index contributed by atoms with van der Waals surface area (Å²) in [6.45, 7) is 0. The van der Waals surface area contributed by atoms with Crippen molar-refractivity contribution in [3.63, 3.8) is 0 Å². The van der Waals surface area contributed by atoms with Crippen molar-refractivity contribution in [1.29, 1.82) is 0 Å². The number of carbonyl (C=O) groups excluding carboxylic acids is 1. The van der Waals surface area contributed by atoms with Gasteiger partial charge in [0, 0.05) is 18.0 Å². The van der Waals surface area contributed by atoms with E-state index in [4.69, 9.17) is 5.73 Å². The number of nitrogens with one attached hydrogen (secondary N) is 1. The number of hydrogen-bond donors (Lipinski definition) is 2. The minimum absolute atomic E-state index is 0. The minimum atomic E-state index is 0. The quantitative estimate of drug-likeness (QED) is 0.783. The molecule has 0 aromatic rings. The highest BCUT2D eigenvalue weighted by Crippen LogP contribution is 2.24. The number of rotatable bonds is 2. The molecule has 2 fully saturated rings. The van der Waals surface area contributed by atoms with Crippen LogP contribution in [0.5, 0.6) is 0 Å². The summed E-state index contributed by atoms with van der Waals surface area (Å²) in [7, 11) is 0. The Balaban J connectivity index is 0.00000128. The molecule has 2 unspecified atom stereocenters. The van der Waals surface area contributed by atoms with Crippen LogP contribution in [0.3, 0.4) is 0 Å². The maximum Gasteiger partial charge on any atom is 0.223 e. The van der Waals surface area contributed by atoms with Crippen molar-refractivity contribution in [2.24, 2.45) is 11.7 Å². The van der Waals surface area contributed by atoms with Gasteiger partial charge in [0.1, 0.15) is 0 Å². The van der Waals surface area contributed by atoms with E-state index in [9.17, 15) is 4.79 Å². The number of carbonyl (C=O) groups is 1. The Bertz CT molecular complexity index is 229. The van der Waals surface area contributed by atoms with Gasteiger partial charge in [-0.05, 0) is 32.1 Å². The molecule has 3 N–H and O–H groups in total. The summed E-state index contributed by atoms with van der Waals surface area (Å²) >= 11 is 0. The van der Waals surface area contributed by atoms with E-state index in [1.54, 1.807) is 0 Å². The van der Waals surface area contributed by atoms with E-state index in [0.717, 1.165) is 25.7 Å². The number of halogens is 1. The van der Waals surface area contributed by atoms with E-state index in [2.05, 4.69) is 5.32 Å². The van der Waals surface area contributed by atoms with Crippen molar-refractivity contribution in [1.82, 2.24) is 5.32 Å². The molecule has 94 valence electrons. The zero-order chi connectivity index (χ0) is 10.7. The van der Waals surface area contributed by atoms with Gasteiger partial charge in [-0.3, -0.25) is 4.79 Å². The van der Waals surface area contributed by atoms with E-state index in [1.165, 1.54) is 25.7 Å². The third-order valence-electron chi connectivity index (χ3n) is 3.79. The maximum absolute atomic E-state index is 11.9. The molecule has 2 atom stereocenters. The standard InChI is InChI=1S/C12H22N2O.ClH/c13-10-5-3-4-9(8-10)12(15)14-11-6-1-2-7-11;/h9-11H,1-8,13H2,(H,14,15);1H. The number of amides is 1. The summed E-state index contributed by atoms with van der Waals surface area (Å²) in [5.74, 6) is 0.450. The largest absolute Gasteiger partial charge is 0.353 e. The lowest BCUT2D eigenvalue weighted by molar-refractivity contribution is -0.126. The van der Waals surface area contributed by atoms with Crippen LogP contribution in [0, 0.1) is 5.92 Å². The Morgan fingerprint density at radius 2 is 1.75 bits per heavy atom. The first-order valence-electron chi connectivity index (χ1n) is 6.31. The molecule has 0 bridgehead atoms. The van der Waals surface area contributed by atoms with E-state index < -0.39 is 0 Å². The normalized spacial score (nSPS) is 30.8. The number of hydrogen-bond acceptors (Lipinski definition) is 2. The highest BCUT2D eigenvalue weighted by atomic mass is 35.5. The van der Waals surface area contributed by atoms with Gasteiger partial charge in [-0.15, -0.1) is 12.4 Å². The van der Waals surface area contributed by atoms with Crippen molar-refractivity contribution < 1.29 is 4.79 Å². The van der Waals surface area contributed by atoms with Crippen LogP contribution in [0.15, 0.2) is 0 Å². The highest BCUT2D eigenvalue weighted by Gasteiger charge is 2.27. The van der Waals surface area contributed by atoms with Crippen molar-refractivity contribution >= 4 is 18.3 Å². The van der Waals surface area contributed by atoms with Crippen LogP contribution in [0.4, 0.5) is 0 Å².